The smallest absolute Gasteiger partial charge is 0.0434 e. The van der Waals surface area contributed by atoms with Gasteiger partial charge in [-0.1, -0.05) is 13.8 Å². The summed E-state index contributed by atoms with van der Waals surface area (Å²) in [5.41, 5.74) is 0. The van der Waals surface area contributed by atoms with Crippen LogP contribution in [-0.2, 0) is 0 Å². The molecule has 1 rings (SSSR count). The predicted molar refractivity (Wildman–Crippen MR) is 73.2 cm³/mol. The third-order valence-electron chi connectivity index (χ3n) is 3.76. The molecule has 1 heterocycles. The fraction of sp³-hybridized carbons (Fsp3) is 1.00. The second-order valence-electron chi connectivity index (χ2n) is 5.99. The summed E-state index contributed by atoms with van der Waals surface area (Å²) >= 11 is 0. The maximum Gasteiger partial charge on any atom is 0.0434 e. The van der Waals surface area contributed by atoms with Crippen molar-refractivity contribution in [1.82, 2.24) is 10.2 Å². The Labute approximate surface area is 107 Å². The van der Waals surface area contributed by atoms with Crippen molar-refractivity contribution in [2.45, 2.75) is 45.6 Å². The zero-order valence-corrected chi connectivity index (χ0v) is 11.8. The van der Waals surface area contributed by atoms with Crippen LogP contribution in [0.25, 0.3) is 0 Å². The van der Waals surface area contributed by atoms with Gasteiger partial charge in [-0.2, -0.15) is 0 Å². The highest BCUT2D eigenvalue weighted by Gasteiger charge is 2.18. The minimum absolute atomic E-state index is 0.326. The SMILES string of the molecule is CC(C)CC(CCO)CNC1CCN(C)CC1. The van der Waals surface area contributed by atoms with E-state index in [9.17, 15) is 0 Å². The molecule has 0 radical (unpaired) electrons. The van der Waals surface area contributed by atoms with Gasteiger partial charge in [0.05, 0.1) is 0 Å². The number of hydrogen-bond acceptors (Lipinski definition) is 3. The number of piperidine rings is 1. The fourth-order valence-electron chi connectivity index (χ4n) is 2.70. The standard InChI is InChI=1S/C14H30N2O/c1-12(2)10-13(6-9-17)11-15-14-4-7-16(3)8-5-14/h12-15,17H,4-11H2,1-3H3. The van der Waals surface area contributed by atoms with Gasteiger partial charge in [0.15, 0.2) is 0 Å². The molecule has 3 heteroatoms. The van der Waals surface area contributed by atoms with E-state index in [-0.39, 0.29) is 0 Å². The van der Waals surface area contributed by atoms with Crippen LogP contribution in [0.5, 0.6) is 0 Å². The largest absolute Gasteiger partial charge is 0.396 e. The quantitative estimate of drug-likeness (QED) is 0.713. The summed E-state index contributed by atoms with van der Waals surface area (Å²) in [6.07, 6.45) is 4.70. The van der Waals surface area contributed by atoms with Crippen LogP contribution in [0.1, 0.15) is 39.5 Å². The van der Waals surface area contributed by atoms with Gasteiger partial charge in [-0.3, -0.25) is 0 Å². The van der Waals surface area contributed by atoms with E-state index in [0.29, 0.717) is 18.6 Å². The number of nitrogens with zero attached hydrogens (tertiary/aromatic N) is 1. The zero-order chi connectivity index (χ0) is 12.7. The highest BCUT2D eigenvalue weighted by molar-refractivity contribution is 4.77. The van der Waals surface area contributed by atoms with E-state index in [1.807, 2.05) is 0 Å². The van der Waals surface area contributed by atoms with Gasteiger partial charge in [-0.25, -0.2) is 0 Å². The first-order valence-electron chi connectivity index (χ1n) is 7.14. The topological polar surface area (TPSA) is 35.5 Å². The lowest BCUT2D eigenvalue weighted by atomic mass is 9.93. The number of hydrogen-bond donors (Lipinski definition) is 2. The van der Waals surface area contributed by atoms with E-state index in [4.69, 9.17) is 5.11 Å². The van der Waals surface area contributed by atoms with Crippen LogP contribution in [0.2, 0.25) is 0 Å². The van der Waals surface area contributed by atoms with Gasteiger partial charge in [0.2, 0.25) is 0 Å². The number of rotatable bonds is 7. The van der Waals surface area contributed by atoms with Crippen molar-refractivity contribution < 1.29 is 5.11 Å². The van der Waals surface area contributed by atoms with Crippen LogP contribution in [0.4, 0.5) is 0 Å². The molecule has 1 unspecified atom stereocenters. The summed E-state index contributed by atoms with van der Waals surface area (Å²) < 4.78 is 0. The first-order valence-corrected chi connectivity index (χ1v) is 7.14. The Morgan fingerprint density at radius 1 is 1.29 bits per heavy atom. The van der Waals surface area contributed by atoms with Crippen molar-refractivity contribution in [3.8, 4) is 0 Å². The zero-order valence-electron chi connectivity index (χ0n) is 11.8. The molecule has 102 valence electrons. The monoisotopic (exact) mass is 242 g/mol. The first-order chi connectivity index (χ1) is 8.11. The van der Waals surface area contributed by atoms with Crippen molar-refractivity contribution in [3.63, 3.8) is 0 Å². The third-order valence-corrected chi connectivity index (χ3v) is 3.76. The van der Waals surface area contributed by atoms with Crippen molar-refractivity contribution in [2.75, 3.05) is 33.3 Å². The number of aliphatic hydroxyl groups is 1. The molecular formula is C14H30N2O. The molecular weight excluding hydrogens is 212 g/mol. The Balaban J connectivity index is 2.21. The Morgan fingerprint density at radius 2 is 1.94 bits per heavy atom. The lowest BCUT2D eigenvalue weighted by Gasteiger charge is -2.31. The number of nitrogens with one attached hydrogen (secondary N) is 1. The van der Waals surface area contributed by atoms with Crippen LogP contribution in [0.15, 0.2) is 0 Å². The van der Waals surface area contributed by atoms with Crippen molar-refractivity contribution in [1.29, 1.82) is 0 Å². The summed E-state index contributed by atoms with van der Waals surface area (Å²) in [6.45, 7) is 8.36. The summed E-state index contributed by atoms with van der Waals surface area (Å²) in [7, 11) is 2.20. The molecule has 0 aliphatic carbocycles. The molecule has 0 saturated carbocycles. The number of likely N-dealkylation sites (tertiary alicyclic amines) is 1. The second kappa shape index (κ2) is 8.06. The summed E-state index contributed by atoms with van der Waals surface area (Å²) in [4.78, 5) is 2.40. The first kappa shape index (κ1) is 14.9. The van der Waals surface area contributed by atoms with Gasteiger partial charge in [-0.05, 0) is 64.2 Å². The fourth-order valence-corrected chi connectivity index (χ4v) is 2.70. The lowest BCUT2D eigenvalue weighted by molar-refractivity contribution is 0.210. The van der Waals surface area contributed by atoms with Gasteiger partial charge in [0.1, 0.15) is 0 Å². The maximum absolute atomic E-state index is 9.09. The molecule has 2 N–H and O–H groups in total. The van der Waals surface area contributed by atoms with Crippen LogP contribution in [-0.4, -0.2) is 49.3 Å². The Hall–Kier alpha value is -0.120. The molecule has 0 aromatic heterocycles. The molecule has 0 aromatic rings. The molecule has 1 saturated heterocycles. The molecule has 0 amide bonds. The van der Waals surface area contributed by atoms with Crippen molar-refractivity contribution in [3.05, 3.63) is 0 Å². The highest BCUT2D eigenvalue weighted by Crippen LogP contribution is 2.16. The van der Waals surface area contributed by atoms with Gasteiger partial charge in [-0.15, -0.1) is 0 Å². The highest BCUT2D eigenvalue weighted by atomic mass is 16.3. The molecule has 1 atom stereocenters. The number of aliphatic hydroxyl groups excluding tert-OH is 1. The Bertz CT molecular complexity index is 189. The molecule has 0 spiro atoms. The molecule has 1 fully saturated rings. The molecule has 0 bridgehead atoms. The Morgan fingerprint density at radius 3 is 2.47 bits per heavy atom. The lowest BCUT2D eigenvalue weighted by Crippen LogP contribution is -2.42. The molecule has 1 aliphatic heterocycles. The van der Waals surface area contributed by atoms with E-state index in [1.165, 1.54) is 32.4 Å². The molecule has 17 heavy (non-hydrogen) atoms. The second-order valence-corrected chi connectivity index (χ2v) is 5.99. The molecule has 0 aromatic carbocycles. The maximum atomic E-state index is 9.09. The van der Waals surface area contributed by atoms with Gasteiger partial charge < -0.3 is 15.3 Å². The minimum atomic E-state index is 0.326. The molecule has 1 aliphatic rings. The van der Waals surface area contributed by atoms with E-state index in [2.05, 4.69) is 31.1 Å². The van der Waals surface area contributed by atoms with Crippen LogP contribution < -0.4 is 5.32 Å². The summed E-state index contributed by atoms with van der Waals surface area (Å²) in [6, 6.07) is 0.694. The van der Waals surface area contributed by atoms with Crippen LogP contribution >= 0.6 is 0 Å². The van der Waals surface area contributed by atoms with E-state index in [1.54, 1.807) is 0 Å². The van der Waals surface area contributed by atoms with Crippen molar-refractivity contribution >= 4 is 0 Å². The summed E-state index contributed by atoms with van der Waals surface area (Å²) in [5, 5.41) is 12.8. The van der Waals surface area contributed by atoms with Gasteiger partial charge in [0.25, 0.3) is 0 Å². The van der Waals surface area contributed by atoms with Gasteiger partial charge in [0, 0.05) is 12.6 Å². The van der Waals surface area contributed by atoms with E-state index < -0.39 is 0 Å². The van der Waals surface area contributed by atoms with Crippen LogP contribution in [0, 0.1) is 11.8 Å². The Kier molecular flexibility index (Phi) is 7.09. The normalized spacial score (nSPS) is 21.0. The predicted octanol–water partition coefficient (Wildman–Crippen LogP) is 1.71. The van der Waals surface area contributed by atoms with Crippen molar-refractivity contribution in [2.24, 2.45) is 11.8 Å². The van der Waals surface area contributed by atoms with Crippen LogP contribution in [0.3, 0.4) is 0 Å². The molecule has 3 nitrogen and oxygen atoms in total. The van der Waals surface area contributed by atoms with E-state index >= 15 is 0 Å². The minimum Gasteiger partial charge on any atom is -0.396 e. The average molecular weight is 242 g/mol. The summed E-state index contributed by atoms with van der Waals surface area (Å²) in [5.74, 6) is 1.37. The average Bonchev–Trinajstić information content (AvgIpc) is 2.27. The van der Waals surface area contributed by atoms with E-state index in [0.717, 1.165) is 18.9 Å². The third kappa shape index (κ3) is 6.39. The van der Waals surface area contributed by atoms with Gasteiger partial charge >= 0.3 is 0 Å².